The topological polar surface area (TPSA) is 4.44 Å². The standard InChI is InChI=1S/C11H25N/c1-10(2)6-8-12(5)9-7-11(3)4/h10-12H,5-9H2,1-4H3. The molecule has 0 aliphatic rings. The minimum Gasteiger partial charge on any atom is -0.468 e. The fourth-order valence-electron chi connectivity index (χ4n) is 1.11. The van der Waals surface area contributed by atoms with Crippen LogP contribution in [0.2, 0.25) is 0 Å². The van der Waals surface area contributed by atoms with Crippen molar-refractivity contribution in [2.75, 3.05) is 13.1 Å². The number of hydrogen-bond acceptors (Lipinski definition) is 0. The molecular weight excluding hydrogens is 146 g/mol. The van der Waals surface area contributed by atoms with Gasteiger partial charge in [0.25, 0.3) is 0 Å². The summed E-state index contributed by atoms with van der Waals surface area (Å²) >= 11 is 0. The smallest absolute Gasteiger partial charge is 0.0532 e. The molecule has 1 nitrogen and oxygen atoms in total. The van der Waals surface area contributed by atoms with E-state index in [0.717, 1.165) is 11.8 Å². The first kappa shape index (κ1) is 12.0. The summed E-state index contributed by atoms with van der Waals surface area (Å²) in [5, 5.41) is 0. The monoisotopic (exact) mass is 171 g/mol. The Kier molecular flexibility index (Phi) is 6.45. The number of hydrogen-bond donors (Lipinski definition) is 1. The summed E-state index contributed by atoms with van der Waals surface area (Å²) in [6.45, 7) is 11.5. The van der Waals surface area contributed by atoms with Crippen LogP contribution < -0.4 is 4.90 Å². The fraction of sp³-hybridized carbons (Fsp3) is 0.909. The van der Waals surface area contributed by atoms with Gasteiger partial charge in [-0.2, -0.15) is 7.05 Å². The minimum atomic E-state index is 0.820. The third kappa shape index (κ3) is 8.06. The second-order valence-electron chi connectivity index (χ2n) is 4.62. The lowest BCUT2D eigenvalue weighted by atomic mass is 10.1. The van der Waals surface area contributed by atoms with E-state index in [0.29, 0.717) is 0 Å². The molecule has 74 valence electrons. The van der Waals surface area contributed by atoms with Gasteiger partial charge < -0.3 is 4.90 Å². The Balaban J connectivity index is 3.27. The van der Waals surface area contributed by atoms with E-state index in [1.54, 1.807) is 0 Å². The van der Waals surface area contributed by atoms with Crippen LogP contribution in [-0.2, 0) is 0 Å². The quantitative estimate of drug-likeness (QED) is 0.581. The summed E-state index contributed by atoms with van der Waals surface area (Å²) in [7, 11) is 4.10. The molecule has 0 aliphatic carbocycles. The first-order valence-corrected chi connectivity index (χ1v) is 5.19. The van der Waals surface area contributed by atoms with Gasteiger partial charge in [0.05, 0.1) is 13.1 Å². The summed E-state index contributed by atoms with van der Waals surface area (Å²) in [5.41, 5.74) is 0. The molecule has 0 heterocycles. The molecule has 0 saturated carbocycles. The van der Waals surface area contributed by atoms with Crippen LogP contribution in [0.1, 0.15) is 40.5 Å². The Hall–Kier alpha value is -0.0400. The molecule has 0 aromatic carbocycles. The van der Waals surface area contributed by atoms with E-state index in [2.05, 4.69) is 34.7 Å². The molecule has 0 amide bonds. The Morgan fingerprint density at radius 2 is 1.25 bits per heavy atom. The Morgan fingerprint density at radius 3 is 1.50 bits per heavy atom. The zero-order chi connectivity index (χ0) is 9.56. The third-order valence-electron chi connectivity index (χ3n) is 2.15. The molecule has 1 N–H and O–H groups in total. The normalized spacial score (nSPS) is 12.0. The molecule has 0 fully saturated rings. The van der Waals surface area contributed by atoms with Crippen molar-refractivity contribution in [3.63, 3.8) is 0 Å². The van der Waals surface area contributed by atoms with E-state index >= 15 is 0 Å². The molecule has 0 spiro atoms. The Labute approximate surface area is 78.1 Å². The summed E-state index contributed by atoms with van der Waals surface area (Å²) in [4.78, 5) is 1.44. The van der Waals surface area contributed by atoms with Gasteiger partial charge in [0.15, 0.2) is 0 Å². The molecule has 0 aromatic heterocycles. The van der Waals surface area contributed by atoms with Crippen LogP contribution in [0.25, 0.3) is 0 Å². The average molecular weight is 171 g/mol. The van der Waals surface area contributed by atoms with E-state index in [1.807, 2.05) is 0 Å². The van der Waals surface area contributed by atoms with E-state index in [1.165, 1.54) is 30.8 Å². The van der Waals surface area contributed by atoms with Crippen LogP contribution in [0.15, 0.2) is 0 Å². The second kappa shape index (κ2) is 6.47. The van der Waals surface area contributed by atoms with Crippen molar-refractivity contribution in [3.05, 3.63) is 7.05 Å². The van der Waals surface area contributed by atoms with Gasteiger partial charge in [-0.15, -0.1) is 0 Å². The molecule has 1 heteroatoms. The minimum absolute atomic E-state index is 0.820. The zero-order valence-electron chi connectivity index (χ0n) is 9.19. The van der Waals surface area contributed by atoms with Crippen molar-refractivity contribution in [2.24, 2.45) is 11.8 Å². The molecule has 0 radical (unpaired) electrons. The molecular formula is C11H25N. The molecule has 12 heavy (non-hydrogen) atoms. The van der Waals surface area contributed by atoms with E-state index < -0.39 is 0 Å². The molecule has 0 aromatic rings. The van der Waals surface area contributed by atoms with Crippen molar-refractivity contribution >= 4 is 0 Å². The molecule has 0 rings (SSSR count). The van der Waals surface area contributed by atoms with E-state index in [9.17, 15) is 0 Å². The summed E-state index contributed by atoms with van der Waals surface area (Å²) < 4.78 is 0. The predicted octanol–water partition coefficient (Wildman–Crippen LogP) is 1.76. The van der Waals surface area contributed by atoms with Crippen molar-refractivity contribution < 1.29 is 4.90 Å². The predicted molar refractivity (Wildman–Crippen MR) is 55.0 cm³/mol. The molecule has 0 atom stereocenters. The van der Waals surface area contributed by atoms with Crippen molar-refractivity contribution in [2.45, 2.75) is 40.5 Å². The molecule has 0 saturated heterocycles. The van der Waals surface area contributed by atoms with Gasteiger partial charge in [-0.05, 0) is 24.7 Å². The highest BCUT2D eigenvalue weighted by Gasteiger charge is 2.00. The van der Waals surface area contributed by atoms with Crippen molar-refractivity contribution in [3.8, 4) is 0 Å². The number of rotatable bonds is 6. The van der Waals surface area contributed by atoms with Crippen molar-refractivity contribution in [1.82, 2.24) is 0 Å². The maximum Gasteiger partial charge on any atom is 0.0532 e. The van der Waals surface area contributed by atoms with Gasteiger partial charge in [-0.1, -0.05) is 27.7 Å². The van der Waals surface area contributed by atoms with Gasteiger partial charge >= 0.3 is 0 Å². The van der Waals surface area contributed by atoms with Crippen LogP contribution in [-0.4, -0.2) is 13.1 Å². The van der Waals surface area contributed by atoms with Gasteiger partial charge in [-0.25, -0.2) is 0 Å². The summed E-state index contributed by atoms with van der Waals surface area (Å²) in [6.07, 6.45) is 2.61. The maximum atomic E-state index is 4.10. The number of nitrogens with one attached hydrogen (secondary N) is 1. The molecule has 0 unspecified atom stereocenters. The van der Waals surface area contributed by atoms with Crippen molar-refractivity contribution in [1.29, 1.82) is 0 Å². The maximum absolute atomic E-state index is 4.10. The lowest BCUT2D eigenvalue weighted by Crippen LogP contribution is -3.07. The third-order valence-corrected chi connectivity index (χ3v) is 2.15. The van der Waals surface area contributed by atoms with E-state index in [4.69, 9.17) is 0 Å². The lowest BCUT2D eigenvalue weighted by molar-refractivity contribution is -0.855. The summed E-state index contributed by atoms with van der Waals surface area (Å²) in [6, 6.07) is 0. The SMILES string of the molecule is [CH2-][NH+](CCC(C)C)CCC(C)C. The zero-order valence-corrected chi connectivity index (χ0v) is 9.19. The Bertz CT molecular complexity index is 85.2. The van der Waals surface area contributed by atoms with Gasteiger partial charge in [-0.3, -0.25) is 0 Å². The Morgan fingerprint density at radius 1 is 0.917 bits per heavy atom. The van der Waals surface area contributed by atoms with Crippen LogP contribution in [0, 0.1) is 18.9 Å². The first-order chi connectivity index (χ1) is 5.52. The highest BCUT2D eigenvalue weighted by molar-refractivity contribution is 4.44. The fourth-order valence-corrected chi connectivity index (χ4v) is 1.11. The van der Waals surface area contributed by atoms with Crippen LogP contribution in [0.5, 0.6) is 0 Å². The highest BCUT2D eigenvalue weighted by atomic mass is 15.1. The van der Waals surface area contributed by atoms with Gasteiger partial charge in [0.2, 0.25) is 0 Å². The highest BCUT2D eigenvalue weighted by Crippen LogP contribution is 1.96. The molecule has 0 bridgehead atoms. The van der Waals surface area contributed by atoms with E-state index in [-0.39, 0.29) is 0 Å². The van der Waals surface area contributed by atoms with Crippen LogP contribution in [0.4, 0.5) is 0 Å². The van der Waals surface area contributed by atoms with Crippen LogP contribution in [0.3, 0.4) is 0 Å². The number of quaternary nitrogens is 1. The molecule has 0 aliphatic heterocycles. The summed E-state index contributed by atoms with van der Waals surface area (Å²) in [5.74, 6) is 1.64. The van der Waals surface area contributed by atoms with Gasteiger partial charge in [0.1, 0.15) is 0 Å². The second-order valence-corrected chi connectivity index (χ2v) is 4.62. The lowest BCUT2D eigenvalue weighted by Gasteiger charge is -2.22. The largest absolute Gasteiger partial charge is 0.468 e. The van der Waals surface area contributed by atoms with Crippen LogP contribution >= 0.6 is 0 Å². The average Bonchev–Trinajstić information content (AvgIpc) is 1.96. The van der Waals surface area contributed by atoms with Gasteiger partial charge in [0, 0.05) is 0 Å². The first-order valence-electron chi connectivity index (χ1n) is 5.19.